The Morgan fingerprint density at radius 3 is 2.03 bits per heavy atom. The highest BCUT2D eigenvalue weighted by molar-refractivity contribution is 5.89. The number of fused-ring (bicyclic) bond motifs is 3. The molecule has 35 heavy (non-hydrogen) atoms. The molecule has 0 saturated carbocycles. The fourth-order valence-corrected chi connectivity index (χ4v) is 5.05. The summed E-state index contributed by atoms with van der Waals surface area (Å²) in [5.74, 6) is -1.77. The van der Waals surface area contributed by atoms with Gasteiger partial charge in [0.15, 0.2) is 0 Å². The van der Waals surface area contributed by atoms with E-state index < -0.39 is 30.4 Å². The number of ether oxygens (including phenoxy) is 1. The van der Waals surface area contributed by atoms with E-state index in [2.05, 4.69) is 5.32 Å². The van der Waals surface area contributed by atoms with Crippen LogP contribution in [0.15, 0.2) is 48.5 Å². The summed E-state index contributed by atoms with van der Waals surface area (Å²) in [5.41, 5.74) is 4.15. The number of hydrogen-bond acceptors (Lipinski definition) is 5. The van der Waals surface area contributed by atoms with Gasteiger partial charge in [0.05, 0.1) is 6.42 Å². The highest BCUT2D eigenvalue weighted by Gasteiger charge is 2.32. The molecule has 2 aromatic rings. The van der Waals surface area contributed by atoms with Crippen LogP contribution in [0.4, 0.5) is 4.79 Å². The standard InChI is InChI=1S/C27H35N3O5/c1-27(2,16-29(3)4)17-30(5)25(33)23(14-24(31)32)28-26(34)35-15-22-20-12-8-6-10-18(20)19-11-7-9-13-21(19)22/h6-13,22-23H,14-17H2,1-5H3,(H,28,34)(H,31,32). The van der Waals surface area contributed by atoms with Crippen molar-refractivity contribution in [3.63, 3.8) is 0 Å². The minimum Gasteiger partial charge on any atom is -0.481 e. The van der Waals surface area contributed by atoms with Crippen molar-refractivity contribution >= 4 is 18.0 Å². The third kappa shape index (κ3) is 6.60. The Labute approximate surface area is 206 Å². The van der Waals surface area contributed by atoms with E-state index in [9.17, 15) is 19.5 Å². The molecule has 3 rings (SSSR count). The van der Waals surface area contributed by atoms with Gasteiger partial charge in [0.1, 0.15) is 12.6 Å². The molecule has 0 fully saturated rings. The van der Waals surface area contributed by atoms with Gasteiger partial charge in [-0.25, -0.2) is 4.79 Å². The molecule has 1 aliphatic rings. The van der Waals surface area contributed by atoms with E-state index in [0.29, 0.717) is 6.54 Å². The molecular weight excluding hydrogens is 446 g/mol. The molecule has 0 aromatic heterocycles. The number of benzene rings is 2. The summed E-state index contributed by atoms with van der Waals surface area (Å²) in [4.78, 5) is 40.6. The van der Waals surface area contributed by atoms with Gasteiger partial charge in [0.25, 0.3) is 0 Å². The number of carbonyl (C=O) groups is 3. The van der Waals surface area contributed by atoms with Crippen LogP contribution in [-0.4, -0.2) is 79.8 Å². The molecule has 1 unspecified atom stereocenters. The van der Waals surface area contributed by atoms with Crippen LogP contribution < -0.4 is 5.32 Å². The van der Waals surface area contributed by atoms with Crippen molar-refractivity contribution in [2.45, 2.75) is 32.2 Å². The number of carboxylic acids is 1. The summed E-state index contributed by atoms with van der Waals surface area (Å²) < 4.78 is 5.51. The lowest BCUT2D eigenvalue weighted by molar-refractivity contribution is -0.142. The molecule has 1 atom stereocenters. The first-order valence-electron chi connectivity index (χ1n) is 11.7. The Morgan fingerprint density at radius 2 is 1.51 bits per heavy atom. The Bertz CT molecular complexity index is 1040. The number of hydrogen-bond donors (Lipinski definition) is 2. The molecule has 8 nitrogen and oxygen atoms in total. The van der Waals surface area contributed by atoms with E-state index >= 15 is 0 Å². The lowest BCUT2D eigenvalue weighted by atomic mass is 9.92. The van der Waals surface area contributed by atoms with Crippen molar-refractivity contribution in [2.75, 3.05) is 40.8 Å². The topological polar surface area (TPSA) is 99.2 Å². The zero-order valence-electron chi connectivity index (χ0n) is 21.1. The molecule has 2 aromatic carbocycles. The number of carboxylic acid groups (broad SMARTS) is 1. The number of aliphatic carboxylic acids is 1. The van der Waals surface area contributed by atoms with Crippen molar-refractivity contribution in [3.05, 3.63) is 59.7 Å². The quantitative estimate of drug-likeness (QED) is 0.540. The number of amides is 2. The molecule has 1 aliphatic carbocycles. The Balaban J connectivity index is 1.66. The van der Waals surface area contributed by atoms with Gasteiger partial charge in [-0.15, -0.1) is 0 Å². The zero-order chi connectivity index (χ0) is 25.8. The maximum absolute atomic E-state index is 13.0. The van der Waals surface area contributed by atoms with Crippen LogP contribution >= 0.6 is 0 Å². The fourth-order valence-electron chi connectivity index (χ4n) is 5.05. The maximum Gasteiger partial charge on any atom is 0.407 e. The number of likely N-dealkylation sites (N-methyl/N-ethyl adjacent to an activating group) is 1. The van der Waals surface area contributed by atoms with Gasteiger partial charge in [-0.05, 0) is 41.8 Å². The molecule has 0 heterocycles. The van der Waals surface area contributed by atoms with Crippen LogP contribution in [-0.2, 0) is 14.3 Å². The second kappa shape index (κ2) is 10.9. The van der Waals surface area contributed by atoms with E-state index in [1.54, 1.807) is 7.05 Å². The fraction of sp³-hybridized carbons (Fsp3) is 0.444. The van der Waals surface area contributed by atoms with Crippen molar-refractivity contribution in [2.24, 2.45) is 5.41 Å². The minimum atomic E-state index is -1.22. The van der Waals surface area contributed by atoms with E-state index in [1.807, 2.05) is 81.4 Å². The summed E-state index contributed by atoms with van der Waals surface area (Å²) in [6, 6.07) is 14.8. The molecule has 0 bridgehead atoms. The maximum atomic E-state index is 13.0. The smallest absolute Gasteiger partial charge is 0.407 e. The molecule has 8 heteroatoms. The van der Waals surface area contributed by atoms with Crippen LogP contribution in [0.25, 0.3) is 11.1 Å². The Hall–Kier alpha value is -3.39. The Morgan fingerprint density at radius 1 is 0.971 bits per heavy atom. The van der Waals surface area contributed by atoms with Crippen LogP contribution in [0, 0.1) is 5.41 Å². The van der Waals surface area contributed by atoms with Crippen LogP contribution in [0.5, 0.6) is 0 Å². The van der Waals surface area contributed by atoms with Gasteiger partial charge in [0.2, 0.25) is 5.91 Å². The number of nitrogens with one attached hydrogen (secondary N) is 1. The number of rotatable bonds is 10. The van der Waals surface area contributed by atoms with Crippen molar-refractivity contribution in [1.29, 1.82) is 0 Å². The molecule has 2 N–H and O–H groups in total. The van der Waals surface area contributed by atoms with Crippen molar-refractivity contribution in [3.8, 4) is 11.1 Å². The molecule has 0 saturated heterocycles. The highest BCUT2D eigenvalue weighted by Crippen LogP contribution is 2.44. The normalized spacial score (nSPS) is 13.7. The van der Waals surface area contributed by atoms with E-state index in [4.69, 9.17) is 4.74 Å². The summed E-state index contributed by atoms with van der Waals surface area (Å²) >= 11 is 0. The first-order valence-corrected chi connectivity index (χ1v) is 11.7. The predicted molar refractivity (Wildman–Crippen MR) is 134 cm³/mol. The predicted octanol–water partition coefficient (Wildman–Crippen LogP) is 3.41. The third-order valence-electron chi connectivity index (χ3n) is 6.10. The lowest BCUT2D eigenvalue weighted by Crippen LogP contribution is -2.51. The van der Waals surface area contributed by atoms with E-state index in [0.717, 1.165) is 28.8 Å². The van der Waals surface area contributed by atoms with Gasteiger partial charge in [-0.1, -0.05) is 62.4 Å². The molecule has 2 amide bonds. The summed E-state index contributed by atoms with van der Waals surface area (Å²) in [6.45, 7) is 5.30. The van der Waals surface area contributed by atoms with Crippen LogP contribution in [0.2, 0.25) is 0 Å². The first kappa shape index (κ1) is 26.2. The second-order valence-electron chi connectivity index (χ2n) is 10.2. The molecular formula is C27H35N3O5. The average Bonchev–Trinajstić information content (AvgIpc) is 3.09. The Kier molecular flexibility index (Phi) is 8.17. The van der Waals surface area contributed by atoms with Crippen LogP contribution in [0.1, 0.15) is 37.3 Å². The van der Waals surface area contributed by atoms with Crippen molar-refractivity contribution < 1.29 is 24.2 Å². The van der Waals surface area contributed by atoms with E-state index in [1.165, 1.54) is 4.90 Å². The lowest BCUT2D eigenvalue weighted by Gasteiger charge is -2.34. The van der Waals surface area contributed by atoms with Gasteiger partial charge in [-0.3, -0.25) is 9.59 Å². The number of carbonyl (C=O) groups excluding carboxylic acids is 2. The van der Waals surface area contributed by atoms with Gasteiger partial charge in [-0.2, -0.15) is 0 Å². The van der Waals surface area contributed by atoms with E-state index in [-0.39, 0.29) is 17.9 Å². The third-order valence-corrected chi connectivity index (χ3v) is 6.10. The largest absolute Gasteiger partial charge is 0.481 e. The van der Waals surface area contributed by atoms with Crippen molar-refractivity contribution in [1.82, 2.24) is 15.1 Å². The molecule has 188 valence electrons. The van der Waals surface area contributed by atoms with Gasteiger partial charge < -0.3 is 25.0 Å². The first-order chi connectivity index (χ1) is 16.5. The SMILES string of the molecule is CN(C)CC(C)(C)CN(C)C(=O)C(CC(=O)O)NC(=O)OCC1c2ccccc2-c2ccccc21. The zero-order valence-corrected chi connectivity index (χ0v) is 21.1. The number of nitrogens with zero attached hydrogens (tertiary/aromatic N) is 2. The van der Waals surface area contributed by atoms with Gasteiger partial charge in [0, 0.05) is 26.1 Å². The van der Waals surface area contributed by atoms with Crippen LogP contribution in [0.3, 0.4) is 0 Å². The average molecular weight is 482 g/mol. The summed E-state index contributed by atoms with van der Waals surface area (Å²) in [5, 5.41) is 11.8. The summed E-state index contributed by atoms with van der Waals surface area (Å²) in [7, 11) is 5.53. The monoisotopic (exact) mass is 481 g/mol. The number of alkyl carbamates (subject to hydrolysis) is 1. The minimum absolute atomic E-state index is 0.0829. The molecule has 0 radical (unpaired) electrons. The highest BCUT2D eigenvalue weighted by atomic mass is 16.5. The van der Waals surface area contributed by atoms with Gasteiger partial charge >= 0.3 is 12.1 Å². The molecule has 0 aliphatic heterocycles. The second-order valence-corrected chi connectivity index (χ2v) is 10.2. The molecule has 0 spiro atoms. The summed E-state index contributed by atoms with van der Waals surface area (Å²) in [6.07, 6.45) is -1.34.